The lowest BCUT2D eigenvalue weighted by atomic mass is 10.0. The first-order chi connectivity index (χ1) is 11.5. The Bertz CT molecular complexity index is 694. The molecule has 2 aromatic rings. The highest BCUT2D eigenvalue weighted by Gasteiger charge is 2.15. The van der Waals surface area contributed by atoms with E-state index >= 15 is 0 Å². The van der Waals surface area contributed by atoms with Gasteiger partial charge in [0, 0.05) is 6.54 Å². The van der Waals surface area contributed by atoms with Gasteiger partial charge >= 0.3 is 0 Å². The van der Waals surface area contributed by atoms with Gasteiger partial charge in [-0.2, -0.15) is 0 Å². The van der Waals surface area contributed by atoms with Crippen molar-refractivity contribution in [3.8, 4) is 5.75 Å². The van der Waals surface area contributed by atoms with E-state index < -0.39 is 6.10 Å². The normalized spacial score (nSPS) is 11.8. The molecule has 1 amide bonds. The van der Waals surface area contributed by atoms with Crippen molar-refractivity contribution in [2.24, 2.45) is 0 Å². The third kappa shape index (κ3) is 4.85. The van der Waals surface area contributed by atoms with E-state index in [1.807, 2.05) is 31.2 Å². The van der Waals surface area contributed by atoms with Crippen molar-refractivity contribution in [2.75, 3.05) is 0 Å². The summed E-state index contributed by atoms with van der Waals surface area (Å²) in [5.74, 6) is 0.625. The SMILES string of the molecule is CCc1ccc(CC)c(CNC(=O)[C@H](C)Oc2cccc(C)c2)c1. The van der Waals surface area contributed by atoms with E-state index in [4.69, 9.17) is 4.74 Å². The minimum atomic E-state index is -0.522. The number of hydrogen-bond donors (Lipinski definition) is 1. The highest BCUT2D eigenvalue weighted by Crippen LogP contribution is 2.15. The molecule has 0 aromatic heterocycles. The number of carbonyl (C=O) groups excluding carboxylic acids is 1. The van der Waals surface area contributed by atoms with E-state index in [1.165, 1.54) is 16.7 Å². The Labute approximate surface area is 145 Å². The summed E-state index contributed by atoms with van der Waals surface area (Å²) in [6, 6.07) is 14.2. The van der Waals surface area contributed by atoms with Gasteiger partial charge in [-0.15, -0.1) is 0 Å². The zero-order chi connectivity index (χ0) is 17.5. The van der Waals surface area contributed by atoms with Crippen molar-refractivity contribution in [1.82, 2.24) is 5.32 Å². The molecule has 0 fully saturated rings. The number of benzene rings is 2. The van der Waals surface area contributed by atoms with Crippen LogP contribution in [0.2, 0.25) is 0 Å². The predicted octanol–water partition coefficient (Wildman–Crippen LogP) is 4.20. The summed E-state index contributed by atoms with van der Waals surface area (Å²) in [6.07, 6.45) is 1.44. The molecule has 1 N–H and O–H groups in total. The Balaban J connectivity index is 1.97. The van der Waals surface area contributed by atoms with Gasteiger partial charge in [-0.1, -0.05) is 44.2 Å². The highest BCUT2D eigenvalue weighted by atomic mass is 16.5. The van der Waals surface area contributed by atoms with Crippen LogP contribution in [0.1, 0.15) is 43.0 Å². The summed E-state index contributed by atoms with van der Waals surface area (Å²) in [4.78, 5) is 12.3. The maximum Gasteiger partial charge on any atom is 0.261 e. The zero-order valence-corrected chi connectivity index (χ0v) is 15.1. The highest BCUT2D eigenvalue weighted by molar-refractivity contribution is 5.80. The van der Waals surface area contributed by atoms with Crippen molar-refractivity contribution in [1.29, 1.82) is 0 Å². The molecular weight excluding hydrogens is 298 g/mol. The molecule has 1 atom stereocenters. The maximum atomic E-state index is 12.3. The molecule has 0 bridgehead atoms. The number of nitrogens with one attached hydrogen (secondary N) is 1. The lowest BCUT2D eigenvalue weighted by Gasteiger charge is -2.16. The van der Waals surface area contributed by atoms with E-state index in [0.29, 0.717) is 6.54 Å². The average Bonchev–Trinajstić information content (AvgIpc) is 2.59. The maximum absolute atomic E-state index is 12.3. The Morgan fingerprint density at radius 2 is 1.88 bits per heavy atom. The Hall–Kier alpha value is -2.29. The number of aryl methyl sites for hydroxylation is 3. The van der Waals surface area contributed by atoms with Crippen LogP contribution < -0.4 is 10.1 Å². The molecule has 0 saturated carbocycles. The fourth-order valence-electron chi connectivity index (χ4n) is 2.68. The molecule has 0 aliphatic rings. The fraction of sp³-hybridized carbons (Fsp3) is 0.381. The number of carbonyl (C=O) groups is 1. The van der Waals surface area contributed by atoms with Gasteiger partial charge in [-0.3, -0.25) is 4.79 Å². The predicted molar refractivity (Wildman–Crippen MR) is 98.3 cm³/mol. The van der Waals surface area contributed by atoms with Crippen molar-refractivity contribution in [3.63, 3.8) is 0 Å². The molecule has 0 spiro atoms. The summed E-state index contributed by atoms with van der Waals surface area (Å²) < 4.78 is 5.73. The monoisotopic (exact) mass is 325 g/mol. The summed E-state index contributed by atoms with van der Waals surface area (Å²) in [5, 5.41) is 3.00. The van der Waals surface area contributed by atoms with E-state index in [9.17, 15) is 4.79 Å². The minimum absolute atomic E-state index is 0.0968. The van der Waals surface area contributed by atoms with Crippen LogP contribution in [0.25, 0.3) is 0 Å². The summed E-state index contributed by atoms with van der Waals surface area (Å²) >= 11 is 0. The largest absolute Gasteiger partial charge is 0.481 e. The molecule has 3 heteroatoms. The third-order valence-electron chi connectivity index (χ3n) is 4.18. The molecule has 3 nitrogen and oxygen atoms in total. The van der Waals surface area contributed by atoms with E-state index in [0.717, 1.165) is 24.2 Å². The third-order valence-corrected chi connectivity index (χ3v) is 4.18. The Morgan fingerprint density at radius 1 is 1.08 bits per heavy atom. The van der Waals surface area contributed by atoms with Crippen LogP contribution >= 0.6 is 0 Å². The molecule has 128 valence electrons. The van der Waals surface area contributed by atoms with Crippen LogP contribution in [-0.2, 0) is 24.2 Å². The van der Waals surface area contributed by atoms with Crippen LogP contribution in [0.15, 0.2) is 42.5 Å². The Kier molecular flexibility index (Phi) is 6.42. The quantitative estimate of drug-likeness (QED) is 0.828. The van der Waals surface area contributed by atoms with Crippen LogP contribution in [0.4, 0.5) is 0 Å². The number of amides is 1. The van der Waals surface area contributed by atoms with E-state index in [2.05, 4.69) is 37.4 Å². The van der Waals surface area contributed by atoms with Gasteiger partial charge in [0.15, 0.2) is 6.10 Å². The van der Waals surface area contributed by atoms with Crippen molar-refractivity contribution < 1.29 is 9.53 Å². The minimum Gasteiger partial charge on any atom is -0.481 e. The molecule has 2 rings (SSSR count). The number of hydrogen-bond acceptors (Lipinski definition) is 2. The molecule has 0 aliphatic heterocycles. The lowest BCUT2D eigenvalue weighted by molar-refractivity contribution is -0.127. The van der Waals surface area contributed by atoms with Gasteiger partial charge in [-0.05, 0) is 61.1 Å². The molecule has 0 aliphatic carbocycles. The van der Waals surface area contributed by atoms with Crippen molar-refractivity contribution in [3.05, 3.63) is 64.7 Å². The van der Waals surface area contributed by atoms with E-state index in [-0.39, 0.29) is 5.91 Å². The summed E-state index contributed by atoms with van der Waals surface area (Å²) in [6.45, 7) is 8.60. The van der Waals surface area contributed by atoms with Crippen LogP contribution in [0, 0.1) is 6.92 Å². The summed E-state index contributed by atoms with van der Waals surface area (Å²) in [7, 11) is 0. The molecule has 0 unspecified atom stereocenters. The lowest BCUT2D eigenvalue weighted by Crippen LogP contribution is -2.36. The van der Waals surface area contributed by atoms with Gasteiger partial charge in [0.1, 0.15) is 5.75 Å². The van der Waals surface area contributed by atoms with Gasteiger partial charge in [0.25, 0.3) is 5.91 Å². The first-order valence-electron chi connectivity index (χ1n) is 8.65. The van der Waals surface area contributed by atoms with Gasteiger partial charge < -0.3 is 10.1 Å². The van der Waals surface area contributed by atoms with E-state index in [1.54, 1.807) is 6.92 Å². The van der Waals surface area contributed by atoms with Crippen LogP contribution in [0.3, 0.4) is 0 Å². The van der Waals surface area contributed by atoms with Gasteiger partial charge in [0.2, 0.25) is 0 Å². The summed E-state index contributed by atoms with van der Waals surface area (Å²) in [5.41, 5.74) is 4.87. The second-order valence-corrected chi connectivity index (χ2v) is 6.10. The van der Waals surface area contributed by atoms with Crippen molar-refractivity contribution >= 4 is 5.91 Å². The van der Waals surface area contributed by atoms with Gasteiger partial charge in [0.05, 0.1) is 0 Å². The number of ether oxygens (including phenoxy) is 1. The second-order valence-electron chi connectivity index (χ2n) is 6.10. The Morgan fingerprint density at radius 3 is 2.54 bits per heavy atom. The first kappa shape index (κ1) is 18.1. The zero-order valence-electron chi connectivity index (χ0n) is 15.1. The molecule has 0 saturated heterocycles. The number of rotatable bonds is 7. The van der Waals surface area contributed by atoms with Crippen molar-refractivity contribution in [2.45, 2.75) is 53.2 Å². The molecule has 24 heavy (non-hydrogen) atoms. The van der Waals surface area contributed by atoms with Gasteiger partial charge in [-0.25, -0.2) is 0 Å². The molecular formula is C21H27NO2. The topological polar surface area (TPSA) is 38.3 Å². The molecule has 2 aromatic carbocycles. The van der Waals surface area contributed by atoms with Crippen LogP contribution in [0.5, 0.6) is 5.75 Å². The first-order valence-corrected chi connectivity index (χ1v) is 8.65. The standard InChI is InChI=1S/C21H27NO2/c1-5-17-10-11-18(6-2)19(13-17)14-22-21(23)16(4)24-20-9-7-8-15(3)12-20/h7-13,16H,5-6,14H2,1-4H3,(H,22,23)/t16-/m0/s1. The molecule has 0 heterocycles. The second kappa shape index (κ2) is 8.53. The fourth-order valence-corrected chi connectivity index (χ4v) is 2.68. The smallest absolute Gasteiger partial charge is 0.261 e. The molecule has 0 radical (unpaired) electrons. The van der Waals surface area contributed by atoms with Crippen LogP contribution in [-0.4, -0.2) is 12.0 Å². The average molecular weight is 325 g/mol.